The maximum Gasteiger partial charge on any atom is 0.408 e. The van der Waals surface area contributed by atoms with E-state index in [1.165, 1.54) is 17.0 Å². The second kappa shape index (κ2) is 17.4. The van der Waals surface area contributed by atoms with Crippen molar-refractivity contribution in [3.63, 3.8) is 0 Å². The minimum atomic E-state index is -1.29. The number of benzene rings is 2. The van der Waals surface area contributed by atoms with E-state index < -0.39 is 59.2 Å². The molecule has 260 valence electrons. The lowest BCUT2D eigenvalue weighted by atomic mass is 9.96. The summed E-state index contributed by atoms with van der Waals surface area (Å²) in [5.74, 6) is -1.72. The largest absolute Gasteiger partial charge is 0.508 e. The van der Waals surface area contributed by atoms with E-state index in [2.05, 4.69) is 37.1 Å². The number of esters is 1. The summed E-state index contributed by atoms with van der Waals surface area (Å²) in [6, 6.07) is 11.3. The van der Waals surface area contributed by atoms with Crippen LogP contribution in [0, 0.1) is 5.92 Å². The second-order valence-electron chi connectivity index (χ2n) is 14.2. The molecular formula is C36H53N3O7S. The van der Waals surface area contributed by atoms with Crippen molar-refractivity contribution >= 4 is 36.5 Å². The fraction of sp³-hybridized carbons (Fsp3) is 0.556. The van der Waals surface area contributed by atoms with E-state index in [1.807, 2.05) is 37.3 Å². The number of carbonyl (C=O) groups is 4. The number of ether oxygens (including phenoxy) is 2. The number of amides is 3. The number of hydrogen-bond acceptors (Lipinski definition) is 8. The number of hydrogen-bond donors (Lipinski definition) is 4. The Kier molecular flexibility index (Phi) is 14.6. The van der Waals surface area contributed by atoms with Crippen LogP contribution < -0.4 is 10.6 Å². The van der Waals surface area contributed by atoms with Crippen molar-refractivity contribution in [2.45, 2.75) is 117 Å². The molecule has 3 N–H and O–H groups in total. The third-order valence-corrected chi connectivity index (χ3v) is 7.43. The molecule has 47 heavy (non-hydrogen) atoms. The smallest absolute Gasteiger partial charge is 0.408 e. The summed E-state index contributed by atoms with van der Waals surface area (Å²) < 4.78 is 11.1. The predicted molar refractivity (Wildman–Crippen MR) is 186 cm³/mol. The van der Waals surface area contributed by atoms with Gasteiger partial charge in [0.05, 0.1) is 0 Å². The zero-order valence-electron chi connectivity index (χ0n) is 29.2. The number of alkyl carbamates (subject to hydrolysis) is 1. The molecule has 0 spiro atoms. The van der Waals surface area contributed by atoms with E-state index >= 15 is 0 Å². The molecule has 11 heteroatoms. The Morgan fingerprint density at radius 3 is 1.98 bits per heavy atom. The van der Waals surface area contributed by atoms with Gasteiger partial charge in [0.15, 0.2) is 0 Å². The van der Waals surface area contributed by atoms with Crippen LogP contribution in [-0.4, -0.2) is 69.0 Å². The lowest BCUT2D eigenvalue weighted by Crippen LogP contribution is -2.57. The normalized spacial score (nSPS) is 14.4. The van der Waals surface area contributed by atoms with Gasteiger partial charge in [-0.1, -0.05) is 56.3 Å². The van der Waals surface area contributed by atoms with Crippen molar-refractivity contribution in [1.29, 1.82) is 0 Å². The van der Waals surface area contributed by atoms with Gasteiger partial charge >= 0.3 is 12.1 Å². The first-order valence-electron chi connectivity index (χ1n) is 16.1. The minimum Gasteiger partial charge on any atom is -0.508 e. The van der Waals surface area contributed by atoms with Crippen molar-refractivity contribution in [3.8, 4) is 5.75 Å². The highest BCUT2D eigenvalue weighted by Gasteiger charge is 2.40. The number of phenolic OH excluding ortho intramolecular Hbond substituents is 1. The molecule has 0 saturated carbocycles. The van der Waals surface area contributed by atoms with E-state index in [4.69, 9.17) is 9.47 Å². The molecule has 0 heterocycles. The summed E-state index contributed by atoms with van der Waals surface area (Å²) in [7, 11) is 0. The van der Waals surface area contributed by atoms with Gasteiger partial charge in [-0.2, -0.15) is 12.6 Å². The second-order valence-corrected chi connectivity index (χ2v) is 14.6. The molecule has 3 amide bonds. The van der Waals surface area contributed by atoms with Crippen LogP contribution in [-0.2, 0) is 30.3 Å². The average Bonchev–Trinajstić information content (AvgIpc) is 2.95. The molecule has 2 rings (SSSR count). The molecular weight excluding hydrogens is 618 g/mol. The standard InChI is InChI=1S/C36H53N3O7S/c1-23(2)18-19-24(3)39(32(42)29(22-47)38-34(44)46-36(7,8)9)30(26-16-13-17-27(40)21-26)31(41)37-28(33(43)45-35(4,5)6)20-25-14-11-10-12-15-25/h10-17,21,23-24,28-30,40,47H,18-20,22H2,1-9H3,(H,37,41)(H,38,44). The molecule has 4 atom stereocenters. The Morgan fingerprint density at radius 2 is 1.45 bits per heavy atom. The summed E-state index contributed by atoms with van der Waals surface area (Å²) in [6.07, 6.45) is 0.631. The molecule has 2 aromatic carbocycles. The Bertz CT molecular complexity index is 1340. The zero-order valence-corrected chi connectivity index (χ0v) is 30.1. The Balaban J connectivity index is 2.65. The van der Waals surface area contributed by atoms with Crippen molar-refractivity contribution < 1.29 is 33.8 Å². The van der Waals surface area contributed by atoms with E-state index in [9.17, 15) is 24.3 Å². The fourth-order valence-electron chi connectivity index (χ4n) is 4.93. The SMILES string of the molecule is CC(C)CCC(C)N(C(=O)C(CS)NC(=O)OC(C)(C)C)C(C(=O)NC(Cc1ccccc1)C(=O)OC(C)(C)C)c1cccc(O)c1. The first-order valence-corrected chi connectivity index (χ1v) is 16.7. The number of nitrogens with one attached hydrogen (secondary N) is 2. The lowest BCUT2D eigenvalue weighted by molar-refractivity contribution is -0.159. The molecule has 0 fully saturated rings. The van der Waals surface area contributed by atoms with Crippen molar-refractivity contribution in [1.82, 2.24) is 15.5 Å². The Hall–Kier alpha value is -3.73. The van der Waals surface area contributed by atoms with Gasteiger partial charge in [0, 0.05) is 18.2 Å². The number of phenols is 1. The number of thiol groups is 1. The molecule has 0 saturated heterocycles. The Labute approximate surface area is 285 Å². The van der Waals surface area contributed by atoms with E-state index in [1.54, 1.807) is 53.7 Å². The van der Waals surface area contributed by atoms with Crippen LogP contribution in [0.25, 0.3) is 0 Å². The molecule has 0 bridgehead atoms. The van der Waals surface area contributed by atoms with Crippen LogP contribution in [0.15, 0.2) is 54.6 Å². The van der Waals surface area contributed by atoms with E-state index in [0.29, 0.717) is 17.9 Å². The molecule has 0 aliphatic heterocycles. The summed E-state index contributed by atoms with van der Waals surface area (Å²) in [5, 5.41) is 15.9. The Morgan fingerprint density at radius 1 is 0.830 bits per heavy atom. The molecule has 0 aromatic heterocycles. The summed E-state index contributed by atoms with van der Waals surface area (Å²) in [6.45, 7) is 16.3. The van der Waals surface area contributed by atoms with E-state index in [0.717, 1.165) is 12.0 Å². The summed E-state index contributed by atoms with van der Waals surface area (Å²) in [4.78, 5) is 56.6. The van der Waals surface area contributed by atoms with Gasteiger partial charge < -0.3 is 30.1 Å². The maximum absolute atomic E-state index is 14.5. The maximum atomic E-state index is 14.5. The number of aromatic hydroxyl groups is 1. The molecule has 4 unspecified atom stereocenters. The van der Waals surface area contributed by atoms with Gasteiger partial charge in [-0.15, -0.1) is 0 Å². The first-order chi connectivity index (χ1) is 21.8. The van der Waals surface area contributed by atoms with Gasteiger partial charge in [-0.05, 0) is 90.5 Å². The van der Waals surface area contributed by atoms with Crippen LogP contribution in [0.3, 0.4) is 0 Å². The van der Waals surface area contributed by atoms with Gasteiger partial charge in [-0.3, -0.25) is 9.59 Å². The third kappa shape index (κ3) is 13.5. The van der Waals surface area contributed by atoms with Gasteiger partial charge in [0.2, 0.25) is 11.8 Å². The highest BCUT2D eigenvalue weighted by Crippen LogP contribution is 2.30. The number of carbonyl (C=O) groups excluding carboxylic acids is 4. The third-order valence-electron chi connectivity index (χ3n) is 7.07. The van der Waals surface area contributed by atoms with Gasteiger partial charge in [0.1, 0.15) is 35.1 Å². The van der Waals surface area contributed by atoms with Crippen molar-refractivity contribution in [2.24, 2.45) is 5.92 Å². The topological polar surface area (TPSA) is 134 Å². The summed E-state index contributed by atoms with van der Waals surface area (Å²) >= 11 is 4.37. The quantitative estimate of drug-likeness (QED) is 0.143. The van der Waals surface area contributed by atoms with Crippen LogP contribution in [0.2, 0.25) is 0 Å². The minimum absolute atomic E-state index is 0.0750. The monoisotopic (exact) mass is 671 g/mol. The predicted octanol–water partition coefficient (Wildman–Crippen LogP) is 5.98. The van der Waals surface area contributed by atoms with Crippen LogP contribution in [0.1, 0.15) is 92.3 Å². The van der Waals surface area contributed by atoms with Crippen LogP contribution >= 0.6 is 12.6 Å². The summed E-state index contributed by atoms with van der Waals surface area (Å²) in [5.41, 5.74) is -0.502. The average molecular weight is 672 g/mol. The number of nitrogens with zero attached hydrogens (tertiary/aromatic N) is 1. The highest BCUT2D eigenvalue weighted by molar-refractivity contribution is 7.80. The zero-order chi connectivity index (χ0) is 35.5. The highest BCUT2D eigenvalue weighted by atomic mass is 32.1. The first kappa shape index (κ1) is 39.4. The number of rotatable bonds is 14. The van der Waals surface area contributed by atoms with E-state index in [-0.39, 0.29) is 17.9 Å². The van der Waals surface area contributed by atoms with Crippen molar-refractivity contribution in [2.75, 3.05) is 5.75 Å². The van der Waals surface area contributed by atoms with Gasteiger partial charge in [-0.25, -0.2) is 9.59 Å². The van der Waals surface area contributed by atoms with Crippen molar-refractivity contribution in [3.05, 3.63) is 65.7 Å². The van der Waals surface area contributed by atoms with Crippen LogP contribution in [0.4, 0.5) is 4.79 Å². The molecule has 0 radical (unpaired) electrons. The molecule has 2 aromatic rings. The fourth-order valence-corrected chi connectivity index (χ4v) is 5.18. The molecule has 0 aliphatic rings. The molecule has 0 aliphatic carbocycles. The lowest BCUT2D eigenvalue weighted by Gasteiger charge is -2.39. The molecule has 10 nitrogen and oxygen atoms in total. The van der Waals surface area contributed by atoms with Crippen LogP contribution in [0.5, 0.6) is 5.75 Å². The van der Waals surface area contributed by atoms with Gasteiger partial charge in [0.25, 0.3) is 0 Å².